The molecule has 0 spiro atoms. The van der Waals surface area contributed by atoms with Gasteiger partial charge >= 0.3 is 0 Å². The van der Waals surface area contributed by atoms with Crippen molar-refractivity contribution in [2.45, 2.75) is 37.5 Å². The molecule has 3 rings (SSSR count). The molecule has 0 aliphatic heterocycles. The van der Waals surface area contributed by atoms with Crippen molar-refractivity contribution in [3.05, 3.63) is 96.3 Å². The van der Waals surface area contributed by atoms with E-state index in [-0.39, 0.29) is 16.0 Å². The predicted octanol–water partition coefficient (Wildman–Crippen LogP) is 4.88. The van der Waals surface area contributed by atoms with Crippen molar-refractivity contribution in [3.63, 3.8) is 0 Å². The SMILES string of the molecule is C/C(CC(C)(C)c1ccccc1)=N/NC(=O)CN(c1ccc(F)cc1)S(=O)(=O)c1ccccc1. The number of sulfonamides is 1. The van der Waals surface area contributed by atoms with Gasteiger partial charge in [0.25, 0.3) is 15.9 Å². The Morgan fingerprint density at radius 2 is 1.50 bits per heavy atom. The van der Waals surface area contributed by atoms with Gasteiger partial charge in [-0.15, -0.1) is 0 Å². The molecule has 6 nitrogen and oxygen atoms in total. The van der Waals surface area contributed by atoms with E-state index in [0.29, 0.717) is 12.1 Å². The summed E-state index contributed by atoms with van der Waals surface area (Å²) in [7, 11) is -4.06. The molecule has 0 saturated heterocycles. The molecule has 0 saturated carbocycles. The molecule has 0 unspecified atom stereocenters. The maximum absolute atomic E-state index is 13.4. The lowest BCUT2D eigenvalue weighted by Gasteiger charge is -2.25. The monoisotopic (exact) mass is 481 g/mol. The summed E-state index contributed by atoms with van der Waals surface area (Å²) in [6.45, 7) is 5.48. The van der Waals surface area contributed by atoms with Crippen LogP contribution < -0.4 is 9.73 Å². The van der Waals surface area contributed by atoms with E-state index in [1.807, 2.05) is 37.3 Å². The topological polar surface area (TPSA) is 78.8 Å². The largest absolute Gasteiger partial charge is 0.271 e. The van der Waals surface area contributed by atoms with E-state index in [1.165, 1.54) is 24.3 Å². The Morgan fingerprint density at radius 1 is 0.941 bits per heavy atom. The van der Waals surface area contributed by atoms with E-state index < -0.39 is 28.3 Å². The second-order valence-corrected chi connectivity index (χ2v) is 10.5. The Hall–Kier alpha value is -3.52. The van der Waals surface area contributed by atoms with E-state index in [0.717, 1.165) is 22.0 Å². The van der Waals surface area contributed by atoms with Crippen molar-refractivity contribution in [1.29, 1.82) is 0 Å². The van der Waals surface area contributed by atoms with Gasteiger partial charge in [0.1, 0.15) is 12.4 Å². The van der Waals surface area contributed by atoms with E-state index in [2.05, 4.69) is 24.4 Å². The Kier molecular flexibility index (Phi) is 7.83. The number of hydrogen-bond acceptors (Lipinski definition) is 4. The minimum Gasteiger partial charge on any atom is -0.271 e. The third-order valence-corrected chi connectivity index (χ3v) is 7.15. The molecule has 1 N–H and O–H groups in total. The fraction of sp³-hybridized carbons (Fsp3) is 0.231. The normalized spacial score (nSPS) is 12.3. The van der Waals surface area contributed by atoms with E-state index in [4.69, 9.17) is 0 Å². The first kappa shape index (κ1) is 25.1. The average molecular weight is 482 g/mol. The summed E-state index contributed by atoms with van der Waals surface area (Å²) < 4.78 is 40.9. The molecule has 0 atom stereocenters. The van der Waals surface area contributed by atoms with Gasteiger partial charge in [0.05, 0.1) is 10.6 Å². The van der Waals surface area contributed by atoms with Crippen LogP contribution in [0.3, 0.4) is 0 Å². The molecule has 0 aromatic heterocycles. The van der Waals surface area contributed by atoms with E-state index in [9.17, 15) is 17.6 Å². The molecule has 34 heavy (non-hydrogen) atoms. The van der Waals surface area contributed by atoms with Crippen LogP contribution in [0.4, 0.5) is 10.1 Å². The number of halogens is 1. The number of nitrogens with zero attached hydrogens (tertiary/aromatic N) is 2. The Bertz CT molecular complexity index is 1240. The average Bonchev–Trinajstić information content (AvgIpc) is 2.83. The summed E-state index contributed by atoms with van der Waals surface area (Å²) in [6, 6.07) is 22.7. The Morgan fingerprint density at radius 3 is 2.09 bits per heavy atom. The van der Waals surface area contributed by atoms with Crippen molar-refractivity contribution in [3.8, 4) is 0 Å². The summed E-state index contributed by atoms with van der Waals surface area (Å²) in [5.74, 6) is -1.12. The van der Waals surface area contributed by atoms with Gasteiger partial charge in [0.2, 0.25) is 0 Å². The first-order chi connectivity index (χ1) is 16.1. The number of anilines is 1. The molecular formula is C26H28FN3O3S. The maximum Gasteiger partial charge on any atom is 0.264 e. The molecule has 1 amide bonds. The molecule has 178 valence electrons. The van der Waals surface area contributed by atoms with Gasteiger partial charge in [0.15, 0.2) is 0 Å². The standard InChI is InChI=1S/C26H28FN3O3S/c1-20(18-26(2,3)21-10-6-4-7-11-21)28-29-25(31)19-30(23-16-14-22(27)15-17-23)34(32,33)24-12-8-5-9-13-24/h4-17H,18-19H2,1-3H3,(H,29,31)/b28-20-. The molecule has 3 aromatic rings. The van der Waals surface area contributed by atoms with Crippen LogP contribution in [0.1, 0.15) is 32.8 Å². The fourth-order valence-electron chi connectivity index (χ4n) is 3.64. The molecule has 0 aliphatic carbocycles. The second-order valence-electron chi connectivity index (χ2n) is 8.61. The number of amides is 1. The molecule has 3 aromatic carbocycles. The highest BCUT2D eigenvalue weighted by Crippen LogP contribution is 2.27. The van der Waals surface area contributed by atoms with Gasteiger partial charge in [-0.2, -0.15) is 5.10 Å². The van der Waals surface area contributed by atoms with Gasteiger partial charge < -0.3 is 0 Å². The zero-order valence-corrected chi connectivity index (χ0v) is 20.2. The minimum atomic E-state index is -4.06. The number of carbonyl (C=O) groups excluding carboxylic acids is 1. The first-order valence-electron chi connectivity index (χ1n) is 10.8. The number of benzene rings is 3. The zero-order valence-electron chi connectivity index (χ0n) is 19.4. The smallest absolute Gasteiger partial charge is 0.264 e. The van der Waals surface area contributed by atoms with E-state index >= 15 is 0 Å². The highest BCUT2D eigenvalue weighted by atomic mass is 32.2. The summed E-state index contributed by atoms with van der Waals surface area (Å²) in [5.41, 5.74) is 4.28. The molecule has 0 aliphatic rings. The van der Waals surface area contributed by atoms with Crippen LogP contribution in [0.5, 0.6) is 0 Å². The quantitative estimate of drug-likeness (QED) is 0.349. The maximum atomic E-state index is 13.4. The van der Waals surface area contributed by atoms with Crippen molar-refractivity contribution >= 4 is 27.3 Å². The molecule has 0 radical (unpaired) electrons. The van der Waals surface area contributed by atoms with Crippen LogP contribution in [-0.4, -0.2) is 26.6 Å². The Balaban J connectivity index is 1.77. The lowest BCUT2D eigenvalue weighted by atomic mass is 9.80. The number of nitrogens with one attached hydrogen (secondary N) is 1. The number of rotatable bonds is 9. The summed E-state index contributed by atoms with van der Waals surface area (Å²) in [4.78, 5) is 12.7. The summed E-state index contributed by atoms with van der Waals surface area (Å²) in [6.07, 6.45) is 0.598. The fourth-order valence-corrected chi connectivity index (χ4v) is 5.08. The molecule has 0 heterocycles. The van der Waals surface area contributed by atoms with Crippen LogP contribution in [0.2, 0.25) is 0 Å². The highest BCUT2D eigenvalue weighted by molar-refractivity contribution is 7.92. The second kappa shape index (κ2) is 10.6. The molecule has 8 heteroatoms. The lowest BCUT2D eigenvalue weighted by molar-refractivity contribution is -0.119. The van der Waals surface area contributed by atoms with Crippen molar-refractivity contribution in [2.75, 3.05) is 10.8 Å². The van der Waals surface area contributed by atoms with Crippen molar-refractivity contribution in [2.24, 2.45) is 5.10 Å². The number of hydrazone groups is 1. The zero-order chi connectivity index (χ0) is 24.8. The van der Waals surface area contributed by atoms with Crippen LogP contribution in [0.25, 0.3) is 0 Å². The van der Waals surface area contributed by atoms with E-state index in [1.54, 1.807) is 18.2 Å². The minimum absolute atomic E-state index is 0.0245. The van der Waals surface area contributed by atoms with Crippen LogP contribution >= 0.6 is 0 Å². The summed E-state index contributed by atoms with van der Waals surface area (Å²) in [5, 5.41) is 4.19. The summed E-state index contributed by atoms with van der Waals surface area (Å²) >= 11 is 0. The van der Waals surface area contributed by atoms with Crippen molar-refractivity contribution in [1.82, 2.24) is 5.43 Å². The predicted molar refractivity (Wildman–Crippen MR) is 133 cm³/mol. The molecule has 0 bridgehead atoms. The number of carbonyl (C=O) groups is 1. The Labute approximate surface area is 200 Å². The van der Waals surface area contributed by atoms with Crippen molar-refractivity contribution < 1.29 is 17.6 Å². The van der Waals surface area contributed by atoms with Gasteiger partial charge in [-0.3, -0.25) is 9.10 Å². The van der Waals surface area contributed by atoms with Gasteiger partial charge in [-0.25, -0.2) is 18.2 Å². The van der Waals surface area contributed by atoms with Crippen LogP contribution in [0.15, 0.2) is 94.9 Å². The molecular weight excluding hydrogens is 453 g/mol. The van der Waals surface area contributed by atoms with Crippen LogP contribution in [-0.2, 0) is 20.2 Å². The first-order valence-corrected chi connectivity index (χ1v) is 12.2. The van der Waals surface area contributed by atoms with Gasteiger partial charge in [0, 0.05) is 5.71 Å². The lowest BCUT2D eigenvalue weighted by Crippen LogP contribution is -2.39. The van der Waals surface area contributed by atoms with Gasteiger partial charge in [-0.05, 0) is 60.7 Å². The third-order valence-electron chi connectivity index (χ3n) is 5.36. The molecule has 0 fully saturated rings. The highest BCUT2D eigenvalue weighted by Gasteiger charge is 2.27. The number of hydrogen-bond donors (Lipinski definition) is 1. The van der Waals surface area contributed by atoms with Gasteiger partial charge in [-0.1, -0.05) is 62.4 Å². The van der Waals surface area contributed by atoms with Crippen LogP contribution in [0, 0.1) is 5.82 Å². The third kappa shape index (κ3) is 6.29.